The number of carbonyl (C=O) groups is 1. The van der Waals surface area contributed by atoms with Gasteiger partial charge >= 0.3 is 0 Å². The van der Waals surface area contributed by atoms with Gasteiger partial charge in [0.2, 0.25) is 5.91 Å². The molecule has 1 aromatic heterocycles. The number of rotatable bonds is 6. The Bertz CT molecular complexity index is 1330. The van der Waals surface area contributed by atoms with Crippen molar-refractivity contribution in [2.75, 3.05) is 24.7 Å². The minimum Gasteiger partial charge on any atom is -0.381 e. The molecule has 36 heavy (non-hydrogen) atoms. The molecule has 5 rings (SSSR count). The third kappa shape index (κ3) is 4.58. The first-order valence-electron chi connectivity index (χ1n) is 12.0. The van der Waals surface area contributed by atoms with E-state index < -0.39 is 38.4 Å². The van der Waals surface area contributed by atoms with Gasteiger partial charge in [0.1, 0.15) is 23.2 Å². The molecule has 2 saturated heterocycles. The van der Waals surface area contributed by atoms with Crippen molar-refractivity contribution in [2.45, 2.75) is 66.8 Å². The van der Waals surface area contributed by atoms with Crippen LogP contribution in [0.15, 0.2) is 29.2 Å². The van der Waals surface area contributed by atoms with Crippen LogP contribution >= 0.6 is 11.6 Å². The van der Waals surface area contributed by atoms with Crippen LogP contribution in [0.4, 0.5) is 10.2 Å². The highest BCUT2D eigenvalue weighted by atomic mass is 35.5. The summed E-state index contributed by atoms with van der Waals surface area (Å²) in [5, 5.41) is 15.8. The normalized spacial score (nSPS) is 23.9. The Labute approximate surface area is 214 Å². The molecule has 2 aliphatic heterocycles. The van der Waals surface area contributed by atoms with Gasteiger partial charge in [0, 0.05) is 25.8 Å². The molecule has 9 nitrogen and oxygen atoms in total. The number of sulfone groups is 1. The number of hydrogen-bond donors (Lipinski definition) is 1. The Morgan fingerprint density at radius 3 is 2.67 bits per heavy atom. The summed E-state index contributed by atoms with van der Waals surface area (Å²) in [6, 6.07) is 6.43. The summed E-state index contributed by atoms with van der Waals surface area (Å²) in [4.78, 5) is 15.0. The highest BCUT2D eigenvalue weighted by Crippen LogP contribution is 2.39. The summed E-state index contributed by atoms with van der Waals surface area (Å²) in [7, 11) is -3.99. The van der Waals surface area contributed by atoms with Crippen LogP contribution in [-0.4, -0.2) is 60.7 Å². The minimum atomic E-state index is -3.99. The standard InChI is InChI=1S/C24H27ClFN5O4S/c1-15-10-22(31(29-15)17-4-8-35-9-5-17)30-13-18(12-20(30)23(32)28-24(14-27)6-7-24)36(33,34)21-3-2-16(26)11-19(21)25/h2-3,10-11,17-18,20H,4-9,12-13H2,1H3,(H,28,32)/t18-,20+/m1/s1. The van der Waals surface area contributed by atoms with Crippen LogP contribution in [-0.2, 0) is 19.4 Å². The number of anilines is 1. The lowest BCUT2D eigenvalue weighted by Gasteiger charge is -2.30. The molecule has 2 aromatic rings. The first-order chi connectivity index (χ1) is 17.1. The van der Waals surface area contributed by atoms with E-state index in [1.165, 1.54) is 0 Å². The predicted octanol–water partition coefficient (Wildman–Crippen LogP) is 2.93. The summed E-state index contributed by atoms with van der Waals surface area (Å²) in [6.07, 6.45) is 2.63. The van der Waals surface area contributed by atoms with Gasteiger partial charge in [-0.25, -0.2) is 17.5 Å². The van der Waals surface area contributed by atoms with Gasteiger partial charge in [0.15, 0.2) is 9.84 Å². The molecule has 0 unspecified atom stereocenters. The molecule has 0 radical (unpaired) electrons. The summed E-state index contributed by atoms with van der Waals surface area (Å²) >= 11 is 6.12. The largest absolute Gasteiger partial charge is 0.381 e. The summed E-state index contributed by atoms with van der Waals surface area (Å²) in [5.74, 6) is -0.370. The average molecular weight is 536 g/mol. The number of ether oxygens (including phenoxy) is 1. The minimum absolute atomic E-state index is 0.00137. The molecule has 0 bridgehead atoms. The third-order valence-electron chi connectivity index (χ3n) is 7.20. The Balaban J connectivity index is 1.51. The van der Waals surface area contributed by atoms with E-state index in [1.54, 1.807) is 4.90 Å². The fourth-order valence-corrected chi connectivity index (χ4v) is 7.26. The average Bonchev–Trinajstić information content (AvgIpc) is 3.28. The first kappa shape index (κ1) is 25.0. The number of amides is 1. The van der Waals surface area contributed by atoms with Crippen molar-refractivity contribution < 1.29 is 22.3 Å². The number of carbonyl (C=O) groups excluding carboxylic acids is 1. The fraction of sp³-hybridized carbons (Fsp3) is 0.542. The molecule has 1 amide bonds. The van der Waals surface area contributed by atoms with E-state index in [-0.39, 0.29) is 28.9 Å². The van der Waals surface area contributed by atoms with Crippen LogP contribution in [0.3, 0.4) is 0 Å². The first-order valence-corrected chi connectivity index (χ1v) is 13.9. The zero-order chi connectivity index (χ0) is 25.7. The number of halogens is 2. The lowest BCUT2D eigenvalue weighted by atomic mass is 10.1. The lowest BCUT2D eigenvalue weighted by molar-refractivity contribution is -0.122. The second kappa shape index (κ2) is 9.32. The van der Waals surface area contributed by atoms with E-state index in [4.69, 9.17) is 16.3 Å². The van der Waals surface area contributed by atoms with Gasteiger partial charge < -0.3 is 15.0 Å². The number of benzene rings is 1. The van der Waals surface area contributed by atoms with E-state index in [9.17, 15) is 22.9 Å². The molecule has 1 aromatic carbocycles. The topological polar surface area (TPSA) is 117 Å². The molecule has 192 valence electrons. The number of aromatic nitrogens is 2. The number of hydrogen-bond acceptors (Lipinski definition) is 7. The smallest absolute Gasteiger partial charge is 0.244 e. The molecule has 1 N–H and O–H groups in total. The SMILES string of the molecule is Cc1cc(N2C[C@H](S(=O)(=O)c3ccc(F)cc3Cl)C[C@H]2C(=O)NC2(C#N)CC2)n(C2CCOCC2)n1. The van der Waals surface area contributed by atoms with Crippen molar-refractivity contribution in [1.82, 2.24) is 15.1 Å². The maximum Gasteiger partial charge on any atom is 0.244 e. The second-order valence-corrected chi connectivity index (χ2v) is 12.4. The molecule has 2 atom stereocenters. The monoisotopic (exact) mass is 535 g/mol. The number of nitrogens with one attached hydrogen (secondary N) is 1. The van der Waals surface area contributed by atoms with Crippen LogP contribution in [0.1, 0.15) is 43.8 Å². The quantitative estimate of drug-likeness (QED) is 0.565. The highest BCUT2D eigenvalue weighted by molar-refractivity contribution is 7.92. The van der Waals surface area contributed by atoms with Gasteiger partial charge in [-0.2, -0.15) is 10.4 Å². The molecule has 0 spiro atoms. The van der Waals surface area contributed by atoms with Crippen molar-refractivity contribution in [3.8, 4) is 6.07 Å². The second-order valence-electron chi connectivity index (χ2n) is 9.76. The van der Waals surface area contributed by atoms with Crippen molar-refractivity contribution in [2.24, 2.45) is 0 Å². The van der Waals surface area contributed by atoms with Gasteiger partial charge in [-0.3, -0.25) is 4.79 Å². The summed E-state index contributed by atoms with van der Waals surface area (Å²) < 4.78 is 48.2. The summed E-state index contributed by atoms with van der Waals surface area (Å²) in [6.45, 7) is 3.07. The number of nitrogens with zero attached hydrogens (tertiary/aromatic N) is 4. The molecule has 3 fully saturated rings. The number of nitriles is 1. The van der Waals surface area contributed by atoms with Crippen LogP contribution < -0.4 is 10.2 Å². The summed E-state index contributed by atoms with van der Waals surface area (Å²) in [5.41, 5.74) is -0.143. The van der Waals surface area contributed by atoms with Gasteiger partial charge in [0.25, 0.3) is 0 Å². The Hall–Kier alpha value is -2.68. The van der Waals surface area contributed by atoms with Crippen molar-refractivity contribution in [3.63, 3.8) is 0 Å². The molecule has 3 aliphatic rings. The van der Waals surface area contributed by atoms with E-state index in [0.717, 1.165) is 36.7 Å². The molecule has 1 aliphatic carbocycles. The molecule has 12 heteroatoms. The van der Waals surface area contributed by atoms with E-state index in [1.807, 2.05) is 17.7 Å². The Morgan fingerprint density at radius 2 is 2.03 bits per heavy atom. The van der Waals surface area contributed by atoms with Crippen molar-refractivity contribution in [3.05, 3.63) is 40.8 Å². The number of aryl methyl sites for hydroxylation is 1. The third-order valence-corrected chi connectivity index (χ3v) is 9.81. The molecule has 3 heterocycles. The Kier molecular flexibility index (Phi) is 6.47. The van der Waals surface area contributed by atoms with Gasteiger partial charge in [-0.15, -0.1) is 0 Å². The maximum absolute atomic E-state index is 13.6. The van der Waals surface area contributed by atoms with E-state index in [2.05, 4.69) is 16.5 Å². The van der Waals surface area contributed by atoms with Crippen LogP contribution in [0.2, 0.25) is 5.02 Å². The van der Waals surface area contributed by atoms with Crippen molar-refractivity contribution in [1.29, 1.82) is 5.26 Å². The molecular weight excluding hydrogens is 509 g/mol. The molecular formula is C24H27ClFN5O4S. The zero-order valence-corrected chi connectivity index (χ0v) is 21.4. The molecule has 1 saturated carbocycles. The Morgan fingerprint density at radius 1 is 1.31 bits per heavy atom. The van der Waals surface area contributed by atoms with Gasteiger partial charge in [0.05, 0.1) is 33.0 Å². The van der Waals surface area contributed by atoms with Crippen molar-refractivity contribution >= 4 is 33.2 Å². The van der Waals surface area contributed by atoms with Gasteiger partial charge in [-0.05, 0) is 57.2 Å². The lowest BCUT2D eigenvalue weighted by Crippen LogP contribution is -2.48. The predicted molar refractivity (Wildman–Crippen MR) is 130 cm³/mol. The fourth-order valence-electron chi connectivity index (χ4n) is 5.03. The maximum atomic E-state index is 13.6. The van der Waals surface area contributed by atoms with Gasteiger partial charge in [-0.1, -0.05) is 11.6 Å². The van der Waals surface area contributed by atoms with Crippen LogP contribution in [0, 0.1) is 24.1 Å². The van der Waals surface area contributed by atoms with E-state index in [0.29, 0.717) is 31.9 Å². The van der Waals surface area contributed by atoms with Crippen LogP contribution in [0.5, 0.6) is 0 Å². The van der Waals surface area contributed by atoms with E-state index >= 15 is 0 Å². The van der Waals surface area contributed by atoms with Crippen LogP contribution in [0.25, 0.3) is 0 Å². The zero-order valence-electron chi connectivity index (χ0n) is 19.8. The highest BCUT2D eigenvalue weighted by Gasteiger charge is 2.50.